The fourth-order valence-corrected chi connectivity index (χ4v) is 4.82. The van der Waals surface area contributed by atoms with Gasteiger partial charge >= 0.3 is 0 Å². The van der Waals surface area contributed by atoms with E-state index in [9.17, 15) is 4.79 Å². The first-order valence-corrected chi connectivity index (χ1v) is 10.7. The minimum Gasteiger partial charge on any atom is -0.469 e. The van der Waals surface area contributed by atoms with Crippen molar-refractivity contribution in [3.8, 4) is 11.5 Å². The predicted octanol–water partition coefficient (Wildman–Crippen LogP) is 5.56. The molecule has 144 valence electrons. The lowest BCUT2D eigenvalue weighted by atomic mass is 10.2. The van der Waals surface area contributed by atoms with E-state index in [0.29, 0.717) is 16.9 Å². The van der Waals surface area contributed by atoms with Gasteiger partial charge in [0.2, 0.25) is 5.91 Å². The number of hydrogen-bond acceptors (Lipinski definition) is 7. The third-order valence-electron chi connectivity index (χ3n) is 4.50. The maximum absolute atomic E-state index is 13.2. The molecule has 1 aliphatic rings. The van der Waals surface area contributed by atoms with Crippen LogP contribution in [0.3, 0.4) is 0 Å². The summed E-state index contributed by atoms with van der Waals surface area (Å²) < 4.78 is 11.0. The molecule has 0 aliphatic carbocycles. The van der Waals surface area contributed by atoms with Gasteiger partial charge in [0.15, 0.2) is 0 Å². The summed E-state index contributed by atoms with van der Waals surface area (Å²) in [6.45, 7) is 1.83. The number of furan rings is 1. The summed E-state index contributed by atoms with van der Waals surface area (Å²) in [5, 5.41) is 8.45. The van der Waals surface area contributed by atoms with Gasteiger partial charge in [-0.05, 0) is 37.3 Å². The molecule has 29 heavy (non-hydrogen) atoms. The van der Waals surface area contributed by atoms with Gasteiger partial charge in [0.1, 0.15) is 5.76 Å². The van der Waals surface area contributed by atoms with Crippen LogP contribution in [-0.2, 0) is 4.79 Å². The molecule has 1 amide bonds. The molecule has 0 saturated carbocycles. The van der Waals surface area contributed by atoms with E-state index >= 15 is 0 Å². The fraction of sp³-hybridized carbons (Fsp3) is 0.0952. The Hall–Kier alpha value is -2.97. The van der Waals surface area contributed by atoms with Gasteiger partial charge < -0.3 is 8.83 Å². The number of anilines is 2. The highest BCUT2D eigenvalue weighted by atomic mass is 32.2. The smallest absolute Gasteiger partial charge is 0.277 e. The number of amides is 1. The maximum Gasteiger partial charge on any atom is 0.277 e. The summed E-state index contributed by atoms with van der Waals surface area (Å²) in [5.41, 5.74) is 2.54. The van der Waals surface area contributed by atoms with Gasteiger partial charge in [-0.3, -0.25) is 9.69 Å². The van der Waals surface area contributed by atoms with Crippen molar-refractivity contribution >= 4 is 40.8 Å². The van der Waals surface area contributed by atoms with Crippen LogP contribution in [0, 0.1) is 6.92 Å². The molecular weight excluding hydrogens is 406 g/mol. The number of nitrogens with zero attached hydrogens (tertiary/aromatic N) is 3. The minimum atomic E-state index is -0.0468. The summed E-state index contributed by atoms with van der Waals surface area (Å²) >= 11 is 2.90. The van der Waals surface area contributed by atoms with Crippen molar-refractivity contribution in [1.82, 2.24) is 10.2 Å². The lowest BCUT2D eigenvalue weighted by Gasteiger charge is -2.30. The number of benzene rings is 2. The molecule has 2 aromatic heterocycles. The molecule has 1 aliphatic heterocycles. The van der Waals surface area contributed by atoms with E-state index in [1.807, 2.05) is 55.5 Å². The Bertz CT molecular complexity index is 1160. The van der Waals surface area contributed by atoms with E-state index in [1.54, 1.807) is 29.0 Å². The van der Waals surface area contributed by atoms with Crippen LogP contribution in [0.25, 0.3) is 11.5 Å². The van der Waals surface area contributed by atoms with Crippen molar-refractivity contribution in [1.29, 1.82) is 0 Å². The fourth-order valence-electron chi connectivity index (χ4n) is 3.15. The lowest BCUT2D eigenvalue weighted by Crippen LogP contribution is -2.29. The number of hydrogen-bond donors (Lipinski definition) is 0. The van der Waals surface area contributed by atoms with Crippen molar-refractivity contribution in [2.75, 3.05) is 10.7 Å². The first kappa shape index (κ1) is 18.1. The number of rotatable bonds is 4. The molecule has 0 N–H and O–H groups in total. The van der Waals surface area contributed by atoms with Crippen LogP contribution in [0.1, 0.15) is 5.76 Å². The Labute approximate surface area is 175 Å². The molecule has 0 bridgehead atoms. The highest BCUT2D eigenvalue weighted by molar-refractivity contribution is 8.00. The van der Waals surface area contributed by atoms with Crippen LogP contribution in [0.5, 0.6) is 0 Å². The number of para-hydroxylation sites is 2. The largest absolute Gasteiger partial charge is 0.469 e. The second-order valence-corrected chi connectivity index (χ2v) is 8.33. The second-order valence-electron chi connectivity index (χ2n) is 6.32. The number of carbonyl (C=O) groups excluding carboxylic acids is 1. The van der Waals surface area contributed by atoms with E-state index in [1.165, 1.54) is 11.8 Å². The van der Waals surface area contributed by atoms with Gasteiger partial charge in [-0.15, -0.1) is 10.2 Å². The van der Waals surface area contributed by atoms with Crippen molar-refractivity contribution in [2.45, 2.75) is 21.9 Å². The molecule has 0 spiro atoms. The SMILES string of the molecule is Cc1occc1-c1nnc(SCC(=O)N2c3ccccc3Sc3ccccc32)o1. The average molecular weight is 422 g/mol. The summed E-state index contributed by atoms with van der Waals surface area (Å²) in [6.07, 6.45) is 1.58. The number of carbonyl (C=O) groups is 1. The highest BCUT2D eigenvalue weighted by Crippen LogP contribution is 2.48. The summed E-state index contributed by atoms with van der Waals surface area (Å²) in [5.74, 6) is 1.23. The molecular formula is C21H15N3O3S2. The Morgan fingerprint density at radius 3 is 2.38 bits per heavy atom. The quantitative estimate of drug-likeness (QED) is 0.399. The third-order valence-corrected chi connectivity index (χ3v) is 6.43. The Morgan fingerprint density at radius 2 is 1.72 bits per heavy atom. The number of aryl methyl sites for hydroxylation is 1. The van der Waals surface area contributed by atoms with E-state index in [-0.39, 0.29) is 11.7 Å². The van der Waals surface area contributed by atoms with E-state index in [0.717, 1.165) is 26.7 Å². The maximum atomic E-state index is 13.2. The van der Waals surface area contributed by atoms with E-state index in [4.69, 9.17) is 8.83 Å². The van der Waals surface area contributed by atoms with Gasteiger partial charge in [0.05, 0.1) is 29.0 Å². The topological polar surface area (TPSA) is 72.4 Å². The minimum absolute atomic E-state index is 0.0468. The zero-order valence-electron chi connectivity index (χ0n) is 15.4. The molecule has 0 atom stereocenters. The van der Waals surface area contributed by atoms with Crippen molar-refractivity contribution < 1.29 is 13.6 Å². The highest BCUT2D eigenvalue weighted by Gasteiger charge is 2.28. The van der Waals surface area contributed by atoms with Crippen LogP contribution >= 0.6 is 23.5 Å². The van der Waals surface area contributed by atoms with Crippen LogP contribution < -0.4 is 4.90 Å². The van der Waals surface area contributed by atoms with Gasteiger partial charge in [0, 0.05) is 9.79 Å². The molecule has 8 heteroatoms. The van der Waals surface area contributed by atoms with E-state index in [2.05, 4.69) is 10.2 Å². The molecule has 5 rings (SSSR count). The second kappa shape index (κ2) is 7.46. The van der Waals surface area contributed by atoms with Crippen molar-refractivity contribution in [2.24, 2.45) is 0 Å². The molecule has 3 heterocycles. The first-order valence-electron chi connectivity index (χ1n) is 8.90. The Balaban J connectivity index is 1.38. The average Bonchev–Trinajstić information content (AvgIpc) is 3.38. The summed E-state index contributed by atoms with van der Waals surface area (Å²) in [7, 11) is 0. The molecule has 6 nitrogen and oxygen atoms in total. The molecule has 0 unspecified atom stereocenters. The molecule has 4 aromatic rings. The first-order chi connectivity index (χ1) is 14.2. The number of aromatic nitrogens is 2. The van der Waals surface area contributed by atoms with Crippen LogP contribution in [0.4, 0.5) is 11.4 Å². The summed E-state index contributed by atoms with van der Waals surface area (Å²) in [4.78, 5) is 17.1. The zero-order valence-corrected chi connectivity index (χ0v) is 17.0. The number of thioether (sulfide) groups is 1. The monoisotopic (exact) mass is 421 g/mol. The van der Waals surface area contributed by atoms with Crippen LogP contribution in [-0.4, -0.2) is 21.9 Å². The predicted molar refractivity (Wildman–Crippen MR) is 112 cm³/mol. The molecule has 2 aromatic carbocycles. The molecule has 0 saturated heterocycles. The van der Waals surface area contributed by atoms with Crippen LogP contribution in [0.2, 0.25) is 0 Å². The molecule has 0 fully saturated rings. The zero-order chi connectivity index (χ0) is 19.8. The van der Waals surface area contributed by atoms with Crippen molar-refractivity contribution in [3.05, 3.63) is 66.6 Å². The number of fused-ring (bicyclic) bond motifs is 2. The molecule has 0 radical (unpaired) electrons. The van der Waals surface area contributed by atoms with Gasteiger partial charge in [-0.2, -0.15) is 0 Å². The third kappa shape index (κ3) is 3.34. The summed E-state index contributed by atoms with van der Waals surface area (Å²) in [6, 6.07) is 17.6. The van der Waals surface area contributed by atoms with Crippen molar-refractivity contribution in [3.63, 3.8) is 0 Å². The van der Waals surface area contributed by atoms with Gasteiger partial charge in [0.25, 0.3) is 11.1 Å². The Morgan fingerprint density at radius 1 is 1.03 bits per heavy atom. The van der Waals surface area contributed by atoms with E-state index < -0.39 is 0 Å². The van der Waals surface area contributed by atoms with Crippen LogP contribution in [0.15, 0.2) is 84.7 Å². The Kier molecular flexibility index (Phi) is 4.65. The normalized spacial score (nSPS) is 12.5. The lowest BCUT2D eigenvalue weighted by molar-refractivity contribution is -0.115. The van der Waals surface area contributed by atoms with Gasteiger partial charge in [-0.1, -0.05) is 47.8 Å². The van der Waals surface area contributed by atoms with Gasteiger partial charge in [-0.25, -0.2) is 0 Å². The standard InChI is InChI=1S/C21H15N3O3S2/c1-13-14(10-11-26-13)20-22-23-21(27-20)28-12-19(25)24-15-6-2-4-8-17(15)29-18-9-5-3-7-16(18)24/h2-11H,12H2,1H3.